The lowest BCUT2D eigenvalue weighted by atomic mass is 10.0. The van der Waals surface area contributed by atoms with E-state index in [9.17, 15) is 12.8 Å². The molecule has 0 radical (unpaired) electrons. The van der Waals surface area contributed by atoms with Gasteiger partial charge in [-0.1, -0.05) is 0 Å². The van der Waals surface area contributed by atoms with Crippen molar-refractivity contribution in [1.82, 2.24) is 15.0 Å². The molecule has 19 heavy (non-hydrogen) atoms. The second-order valence-corrected chi connectivity index (χ2v) is 6.17. The predicted octanol–water partition coefficient (Wildman–Crippen LogP) is 1.06. The molecule has 5 nitrogen and oxygen atoms in total. The summed E-state index contributed by atoms with van der Waals surface area (Å²) in [5, 5.41) is 3.20. The Kier molecular flexibility index (Phi) is 5.66. The summed E-state index contributed by atoms with van der Waals surface area (Å²) in [7, 11) is -3.71. The van der Waals surface area contributed by atoms with E-state index in [1.165, 1.54) is 0 Å². The van der Waals surface area contributed by atoms with E-state index in [1.807, 2.05) is 6.92 Å². The summed E-state index contributed by atoms with van der Waals surface area (Å²) in [6.07, 6.45) is 3.81. The zero-order valence-corrected chi connectivity index (χ0v) is 12.1. The number of piperidine rings is 1. The van der Waals surface area contributed by atoms with E-state index in [4.69, 9.17) is 0 Å². The standard InChI is InChI=1S/C11H16FN3O2S.ClH/c1-8-11(3-2-4-14-8)15-18(16,17)10-5-9(12)6-13-7-10;/h5-8,11,14-15H,2-4H2,1H3;1H. The van der Waals surface area contributed by atoms with Gasteiger partial charge in [0.15, 0.2) is 0 Å². The first-order valence-corrected chi connectivity index (χ1v) is 7.33. The Morgan fingerprint density at radius 1 is 1.47 bits per heavy atom. The van der Waals surface area contributed by atoms with Crippen LogP contribution >= 0.6 is 12.4 Å². The lowest BCUT2D eigenvalue weighted by molar-refractivity contribution is 0.348. The molecule has 2 rings (SSSR count). The van der Waals surface area contributed by atoms with Crippen LogP contribution in [0.3, 0.4) is 0 Å². The molecule has 0 aliphatic carbocycles. The molecular formula is C11H17ClFN3O2S. The summed E-state index contributed by atoms with van der Waals surface area (Å²) >= 11 is 0. The highest BCUT2D eigenvalue weighted by Gasteiger charge is 2.26. The van der Waals surface area contributed by atoms with Crippen molar-refractivity contribution in [2.75, 3.05) is 6.54 Å². The third-order valence-electron chi connectivity index (χ3n) is 3.06. The van der Waals surface area contributed by atoms with Gasteiger partial charge in [-0.15, -0.1) is 12.4 Å². The summed E-state index contributed by atoms with van der Waals surface area (Å²) in [6.45, 7) is 2.82. The van der Waals surface area contributed by atoms with Crippen molar-refractivity contribution in [3.63, 3.8) is 0 Å². The van der Waals surface area contributed by atoms with E-state index < -0.39 is 15.8 Å². The molecule has 0 amide bonds. The third-order valence-corrected chi connectivity index (χ3v) is 4.52. The molecule has 2 heterocycles. The Balaban J connectivity index is 0.00000180. The van der Waals surface area contributed by atoms with Crippen LogP contribution in [0.1, 0.15) is 19.8 Å². The third kappa shape index (κ3) is 4.10. The quantitative estimate of drug-likeness (QED) is 0.876. The van der Waals surface area contributed by atoms with Crippen LogP contribution in [0.25, 0.3) is 0 Å². The number of sulfonamides is 1. The Bertz CT molecular complexity index is 526. The van der Waals surface area contributed by atoms with Gasteiger partial charge in [0.2, 0.25) is 10.0 Å². The molecule has 0 spiro atoms. The maximum atomic E-state index is 13.0. The van der Waals surface area contributed by atoms with E-state index in [-0.39, 0.29) is 29.4 Å². The van der Waals surface area contributed by atoms with Crippen molar-refractivity contribution in [2.45, 2.75) is 36.7 Å². The first-order chi connectivity index (χ1) is 8.49. The van der Waals surface area contributed by atoms with Gasteiger partial charge in [0.1, 0.15) is 10.7 Å². The van der Waals surface area contributed by atoms with E-state index in [1.54, 1.807) is 0 Å². The number of hydrogen-bond acceptors (Lipinski definition) is 4. The Hall–Kier alpha value is -0.760. The number of nitrogens with one attached hydrogen (secondary N) is 2. The highest BCUT2D eigenvalue weighted by molar-refractivity contribution is 7.89. The normalized spacial score (nSPS) is 23.7. The average molecular weight is 310 g/mol. The zero-order chi connectivity index (χ0) is 13.2. The number of halogens is 2. The van der Waals surface area contributed by atoms with Crippen molar-refractivity contribution < 1.29 is 12.8 Å². The van der Waals surface area contributed by atoms with Crippen LogP contribution < -0.4 is 10.0 Å². The van der Waals surface area contributed by atoms with Crippen molar-refractivity contribution in [2.24, 2.45) is 0 Å². The Morgan fingerprint density at radius 2 is 2.21 bits per heavy atom. The molecule has 2 unspecified atom stereocenters. The molecule has 1 aromatic heterocycles. The monoisotopic (exact) mass is 309 g/mol. The van der Waals surface area contributed by atoms with Crippen LogP contribution in [0.5, 0.6) is 0 Å². The predicted molar refractivity (Wildman–Crippen MR) is 72.3 cm³/mol. The fourth-order valence-electron chi connectivity index (χ4n) is 2.01. The van der Waals surface area contributed by atoms with Crippen LogP contribution in [0, 0.1) is 5.82 Å². The molecule has 1 aromatic rings. The van der Waals surface area contributed by atoms with Gasteiger partial charge >= 0.3 is 0 Å². The minimum Gasteiger partial charge on any atom is -0.313 e. The Labute approximate surface area is 118 Å². The maximum Gasteiger partial charge on any atom is 0.242 e. The molecule has 2 atom stereocenters. The Morgan fingerprint density at radius 3 is 2.84 bits per heavy atom. The van der Waals surface area contributed by atoms with Gasteiger partial charge in [-0.2, -0.15) is 0 Å². The van der Waals surface area contributed by atoms with Crippen molar-refractivity contribution in [3.8, 4) is 0 Å². The highest BCUT2D eigenvalue weighted by atomic mass is 35.5. The maximum absolute atomic E-state index is 13.0. The largest absolute Gasteiger partial charge is 0.313 e. The second kappa shape index (κ2) is 6.60. The summed E-state index contributed by atoms with van der Waals surface area (Å²) < 4.78 is 39.7. The number of nitrogens with zero attached hydrogens (tertiary/aromatic N) is 1. The molecule has 0 saturated carbocycles. The van der Waals surface area contributed by atoms with Gasteiger partial charge in [-0.25, -0.2) is 17.5 Å². The minimum atomic E-state index is -3.71. The number of aromatic nitrogens is 1. The van der Waals surface area contributed by atoms with Gasteiger partial charge in [-0.3, -0.25) is 4.98 Å². The van der Waals surface area contributed by atoms with Crippen molar-refractivity contribution in [1.29, 1.82) is 0 Å². The van der Waals surface area contributed by atoms with E-state index >= 15 is 0 Å². The number of rotatable bonds is 3. The molecule has 1 aliphatic rings. The highest BCUT2D eigenvalue weighted by Crippen LogP contribution is 2.14. The average Bonchev–Trinajstić information content (AvgIpc) is 2.32. The number of hydrogen-bond donors (Lipinski definition) is 2. The molecule has 0 bridgehead atoms. The molecule has 2 N–H and O–H groups in total. The smallest absolute Gasteiger partial charge is 0.242 e. The fourth-order valence-corrected chi connectivity index (χ4v) is 3.34. The summed E-state index contributed by atoms with van der Waals surface area (Å²) in [4.78, 5) is 3.41. The summed E-state index contributed by atoms with van der Waals surface area (Å²) in [5.74, 6) is -0.660. The van der Waals surface area contributed by atoms with Gasteiger partial charge in [-0.05, 0) is 32.4 Å². The zero-order valence-electron chi connectivity index (χ0n) is 10.5. The molecule has 0 aromatic carbocycles. The first-order valence-electron chi connectivity index (χ1n) is 5.85. The number of pyridine rings is 1. The lowest BCUT2D eigenvalue weighted by Gasteiger charge is -2.30. The van der Waals surface area contributed by atoms with Crippen molar-refractivity contribution >= 4 is 22.4 Å². The lowest BCUT2D eigenvalue weighted by Crippen LogP contribution is -2.51. The summed E-state index contributed by atoms with van der Waals surface area (Å²) in [5.41, 5.74) is 0. The van der Waals surface area contributed by atoms with Gasteiger partial charge in [0.25, 0.3) is 0 Å². The van der Waals surface area contributed by atoms with E-state index in [0.717, 1.165) is 37.8 Å². The van der Waals surface area contributed by atoms with Crippen LogP contribution in [0.4, 0.5) is 4.39 Å². The fraction of sp³-hybridized carbons (Fsp3) is 0.545. The van der Waals surface area contributed by atoms with Crippen LogP contribution in [-0.2, 0) is 10.0 Å². The minimum absolute atomic E-state index is 0. The second-order valence-electron chi connectivity index (χ2n) is 4.45. The van der Waals surface area contributed by atoms with Crippen LogP contribution in [0.15, 0.2) is 23.4 Å². The SMILES string of the molecule is CC1NCCCC1NS(=O)(=O)c1cncc(F)c1.Cl. The molecule has 8 heteroatoms. The molecular weight excluding hydrogens is 293 g/mol. The van der Waals surface area contributed by atoms with E-state index in [0.29, 0.717) is 0 Å². The van der Waals surface area contributed by atoms with Gasteiger partial charge in [0.05, 0.1) is 6.20 Å². The topological polar surface area (TPSA) is 71.1 Å². The van der Waals surface area contributed by atoms with Crippen molar-refractivity contribution in [3.05, 3.63) is 24.3 Å². The molecule has 1 aliphatic heterocycles. The first kappa shape index (κ1) is 16.3. The van der Waals surface area contributed by atoms with Crippen LogP contribution in [0.2, 0.25) is 0 Å². The van der Waals surface area contributed by atoms with Crippen LogP contribution in [-0.4, -0.2) is 32.0 Å². The molecule has 1 fully saturated rings. The van der Waals surface area contributed by atoms with E-state index in [2.05, 4.69) is 15.0 Å². The van der Waals surface area contributed by atoms with Gasteiger partial charge in [0, 0.05) is 18.3 Å². The molecule has 1 saturated heterocycles. The molecule has 108 valence electrons. The van der Waals surface area contributed by atoms with Gasteiger partial charge < -0.3 is 5.32 Å². The summed E-state index contributed by atoms with van der Waals surface area (Å²) in [6, 6.07) is 0.859.